The SMILES string of the molecule is CCOC(=O)CCCOc1cc(Cl)ccc1CC(=S)CN=C(C)c1nn(C)c(-c2ccc(Cl)c(Cl)c2)c1O. The van der Waals surface area contributed by atoms with E-state index in [0.717, 1.165) is 5.56 Å². The van der Waals surface area contributed by atoms with Crippen LogP contribution in [0.4, 0.5) is 0 Å². The van der Waals surface area contributed by atoms with E-state index in [4.69, 9.17) is 56.5 Å². The van der Waals surface area contributed by atoms with Gasteiger partial charge in [0.2, 0.25) is 0 Å². The van der Waals surface area contributed by atoms with Crippen molar-refractivity contribution in [3.8, 4) is 22.8 Å². The lowest BCUT2D eigenvalue weighted by Gasteiger charge is -2.12. The van der Waals surface area contributed by atoms with Gasteiger partial charge in [-0.15, -0.1) is 0 Å². The van der Waals surface area contributed by atoms with Crippen LogP contribution in [0.25, 0.3) is 11.3 Å². The van der Waals surface area contributed by atoms with Gasteiger partial charge in [0.05, 0.1) is 35.5 Å². The van der Waals surface area contributed by atoms with Gasteiger partial charge < -0.3 is 14.6 Å². The number of aliphatic imine (C=N–C) groups is 1. The van der Waals surface area contributed by atoms with Crippen molar-refractivity contribution in [2.75, 3.05) is 19.8 Å². The Kier molecular flexibility index (Phi) is 11.0. The van der Waals surface area contributed by atoms with Gasteiger partial charge in [0.1, 0.15) is 17.1 Å². The van der Waals surface area contributed by atoms with E-state index >= 15 is 0 Å². The van der Waals surface area contributed by atoms with Crippen molar-refractivity contribution < 1.29 is 19.4 Å². The van der Waals surface area contributed by atoms with Crippen molar-refractivity contribution in [1.29, 1.82) is 0 Å². The van der Waals surface area contributed by atoms with Crippen molar-refractivity contribution in [2.24, 2.45) is 12.0 Å². The molecule has 0 spiro atoms. The van der Waals surface area contributed by atoms with Crippen LogP contribution in [0.2, 0.25) is 15.1 Å². The van der Waals surface area contributed by atoms with Gasteiger partial charge in [0, 0.05) is 35.3 Å². The summed E-state index contributed by atoms with van der Waals surface area (Å²) in [5.41, 5.74) is 2.94. The summed E-state index contributed by atoms with van der Waals surface area (Å²) in [5, 5.41) is 16.7. The molecule has 0 amide bonds. The number of aromatic nitrogens is 2. The molecular formula is C27H28Cl3N3O4S. The number of esters is 1. The Balaban J connectivity index is 1.67. The van der Waals surface area contributed by atoms with Gasteiger partial charge in [-0.05, 0) is 50.1 Å². The topological polar surface area (TPSA) is 85.9 Å². The Morgan fingerprint density at radius 1 is 1.16 bits per heavy atom. The van der Waals surface area contributed by atoms with Crippen molar-refractivity contribution in [3.05, 3.63) is 62.7 Å². The first-order chi connectivity index (χ1) is 18.1. The number of hydrogen-bond donors (Lipinski definition) is 1. The normalized spacial score (nSPS) is 11.5. The molecular weight excluding hydrogens is 569 g/mol. The van der Waals surface area contributed by atoms with E-state index in [-0.39, 0.29) is 24.7 Å². The van der Waals surface area contributed by atoms with E-state index in [0.29, 0.717) is 74.4 Å². The molecule has 3 aromatic rings. The van der Waals surface area contributed by atoms with E-state index in [1.54, 1.807) is 55.9 Å². The predicted molar refractivity (Wildman–Crippen MR) is 157 cm³/mol. The minimum absolute atomic E-state index is 0.00531. The number of halogens is 3. The van der Waals surface area contributed by atoms with Crippen LogP contribution in [-0.4, -0.2) is 51.2 Å². The van der Waals surface area contributed by atoms with Gasteiger partial charge in [-0.2, -0.15) is 5.10 Å². The van der Waals surface area contributed by atoms with E-state index in [1.807, 2.05) is 6.07 Å². The summed E-state index contributed by atoms with van der Waals surface area (Å²) in [4.78, 5) is 16.8. The summed E-state index contributed by atoms with van der Waals surface area (Å²) >= 11 is 23.9. The van der Waals surface area contributed by atoms with Gasteiger partial charge >= 0.3 is 5.97 Å². The third-order valence-electron chi connectivity index (χ3n) is 5.56. The number of carbonyl (C=O) groups excluding carboxylic acids is 1. The first-order valence-corrected chi connectivity index (χ1v) is 13.5. The summed E-state index contributed by atoms with van der Waals surface area (Å²) in [7, 11) is 1.73. The van der Waals surface area contributed by atoms with E-state index in [1.165, 1.54) is 0 Å². The maximum Gasteiger partial charge on any atom is 0.305 e. The second kappa shape index (κ2) is 13.9. The second-order valence-corrected chi connectivity index (χ2v) is 10.3. The fourth-order valence-corrected chi connectivity index (χ4v) is 4.39. The minimum Gasteiger partial charge on any atom is -0.504 e. The zero-order valence-electron chi connectivity index (χ0n) is 21.3. The highest BCUT2D eigenvalue weighted by molar-refractivity contribution is 7.80. The maximum atomic E-state index is 11.5. The molecule has 11 heteroatoms. The summed E-state index contributed by atoms with van der Waals surface area (Å²) in [6.45, 7) is 4.50. The molecule has 3 rings (SSSR count). The number of benzene rings is 2. The number of hydrogen-bond acceptors (Lipinski definition) is 7. The van der Waals surface area contributed by atoms with Crippen molar-refractivity contribution in [3.63, 3.8) is 0 Å². The van der Waals surface area contributed by atoms with Crippen LogP contribution in [0.3, 0.4) is 0 Å². The Labute approximate surface area is 242 Å². The zero-order valence-corrected chi connectivity index (χ0v) is 24.3. The number of rotatable bonds is 12. The number of thiocarbonyl (C=S) groups is 1. The maximum absolute atomic E-state index is 11.5. The van der Waals surface area contributed by atoms with E-state index in [9.17, 15) is 9.90 Å². The molecule has 1 heterocycles. The monoisotopic (exact) mass is 595 g/mol. The van der Waals surface area contributed by atoms with E-state index in [2.05, 4.69) is 10.1 Å². The molecule has 2 aromatic carbocycles. The molecule has 0 unspecified atom stereocenters. The standard InChI is InChI=1S/C27H28Cl3N3O4S/c1-4-36-24(34)6-5-11-37-23-14-19(28)9-7-17(23)12-20(38)15-31-16(2)25-27(35)26(33(3)32-25)18-8-10-21(29)22(30)13-18/h7-10,13-14,35H,4-6,11-12,15H2,1-3H3. The molecule has 0 aliphatic heterocycles. The van der Waals surface area contributed by atoms with Crippen LogP contribution in [0.1, 0.15) is 37.9 Å². The lowest BCUT2D eigenvalue weighted by Crippen LogP contribution is -2.10. The van der Waals surface area contributed by atoms with Crippen LogP contribution in [0, 0.1) is 0 Å². The number of aromatic hydroxyl groups is 1. The molecule has 0 saturated heterocycles. The van der Waals surface area contributed by atoms with Crippen LogP contribution in [-0.2, 0) is 23.0 Å². The predicted octanol–water partition coefficient (Wildman–Crippen LogP) is 6.90. The van der Waals surface area contributed by atoms with Gasteiger partial charge in [-0.25, -0.2) is 0 Å². The fourth-order valence-electron chi connectivity index (χ4n) is 3.71. The molecule has 0 fully saturated rings. The Morgan fingerprint density at radius 3 is 2.63 bits per heavy atom. The molecule has 0 aliphatic carbocycles. The van der Waals surface area contributed by atoms with Crippen LogP contribution in [0.15, 0.2) is 41.4 Å². The third-order valence-corrected chi connectivity index (χ3v) is 6.80. The van der Waals surface area contributed by atoms with Gasteiger partial charge in [0.15, 0.2) is 5.75 Å². The van der Waals surface area contributed by atoms with Crippen molar-refractivity contribution in [1.82, 2.24) is 9.78 Å². The number of aryl methyl sites for hydroxylation is 1. The molecule has 202 valence electrons. The highest BCUT2D eigenvalue weighted by atomic mass is 35.5. The Morgan fingerprint density at radius 2 is 1.92 bits per heavy atom. The van der Waals surface area contributed by atoms with Crippen LogP contribution in [0.5, 0.6) is 11.5 Å². The molecule has 1 N–H and O–H groups in total. The summed E-state index contributed by atoms with van der Waals surface area (Å²) in [6, 6.07) is 10.5. The number of carbonyl (C=O) groups is 1. The lowest BCUT2D eigenvalue weighted by molar-refractivity contribution is -0.143. The van der Waals surface area contributed by atoms with Gasteiger partial charge in [-0.3, -0.25) is 14.5 Å². The average molecular weight is 597 g/mol. The molecule has 38 heavy (non-hydrogen) atoms. The minimum atomic E-state index is -0.250. The molecule has 0 atom stereocenters. The van der Waals surface area contributed by atoms with Crippen LogP contribution >= 0.6 is 47.0 Å². The average Bonchev–Trinajstić information content (AvgIpc) is 3.17. The highest BCUT2D eigenvalue weighted by Gasteiger charge is 2.20. The molecule has 0 saturated carbocycles. The molecule has 0 bridgehead atoms. The Bertz CT molecular complexity index is 1360. The second-order valence-electron chi connectivity index (χ2n) is 8.42. The van der Waals surface area contributed by atoms with Crippen molar-refractivity contribution >= 4 is 63.6 Å². The highest BCUT2D eigenvalue weighted by Crippen LogP contribution is 2.35. The molecule has 1 aromatic heterocycles. The summed E-state index contributed by atoms with van der Waals surface area (Å²) in [5.74, 6) is 0.354. The van der Waals surface area contributed by atoms with E-state index < -0.39 is 0 Å². The lowest BCUT2D eigenvalue weighted by atomic mass is 10.1. The number of nitrogens with zero attached hydrogens (tertiary/aromatic N) is 3. The van der Waals surface area contributed by atoms with Gasteiger partial charge in [-0.1, -0.05) is 59.2 Å². The third kappa shape index (κ3) is 7.93. The molecule has 0 radical (unpaired) electrons. The smallest absolute Gasteiger partial charge is 0.305 e. The fraction of sp³-hybridized carbons (Fsp3) is 0.333. The molecule has 7 nitrogen and oxygen atoms in total. The van der Waals surface area contributed by atoms with Crippen molar-refractivity contribution in [2.45, 2.75) is 33.1 Å². The first-order valence-electron chi connectivity index (χ1n) is 11.9. The summed E-state index contributed by atoms with van der Waals surface area (Å²) in [6.07, 6.45) is 1.25. The largest absolute Gasteiger partial charge is 0.504 e. The quantitative estimate of drug-likeness (QED) is 0.106. The van der Waals surface area contributed by atoms with Crippen LogP contribution < -0.4 is 4.74 Å². The number of ether oxygens (including phenoxy) is 2. The zero-order chi connectivity index (χ0) is 27.8. The Hall–Kier alpha value is -2.65. The molecule has 0 aliphatic rings. The summed E-state index contributed by atoms with van der Waals surface area (Å²) < 4.78 is 12.4. The van der Waals surface area contributed by atoms with Gasteiger partial charge in [0.25, 0.3) is 0 Å². The first kappa shape index (κ1) is 29.9.